The number of carbonyl (C=O) groups excluding carboxylic acids is 2. The molecule has 2 heterocycles. The molecule has 2 aromatic rings. The van der Waals surface area contributed by atoms with Crippen molar-refractivity contribution in [2.45, 2.75) is 38.6 Å². The molecule has 1 aliphatic heterocycles. The van der Waals surface area contributed by atoms with Crippen LogP contribution in [-0.2, 0) is 20.8 Å². The second kappa shape index (κ2) is 7.80. The summed E-state index contributed by atoms with van der Waals surface area (Å²) in [6.45, 7) is 3.87. The minimum atomic E-state index is -1.18. The highest BCUT2D eigenvalue weighted by Gasteiger charge is 2.54. The number of aromatic nitrogens is 1. The average Bonchev–Trinajstić information content (AvgIpc) is 2.63. The summed E-state index contributed by atoms with van der Waals surface area (Å²) in [7, 11) is 0. The van der Waals surface area contributed by atoms with Crippen LogP contribution < -0.4 is 5.73 Å². The minimum absolute atomic E-state index is 0.0769. The molecule has 1 aromatic carbocycles. The molecule has 0 spiro atoms. The lowest BCUT2D eigenvalue weighted by atomic mass is 9.81. The van der Waals surface area contributed by atoms with Gasteiger partial charge >= 0.3 is 5.97 Å². The van der Waals surface area contributed by atoms with Gasteiger partial charge in [-0.15, -0.1) is 0 Å². The van der Waals surface area contributed by atoms with E-state index in [0.29, 0.717) is 5.82 Å². The molecule has 0 bridgehead atoms. The summed E-state index contributed by atoms with van der Waals surface area (Å²) < 4.78 is 0. The quantitative estimate of drug-likeness (QED) is 0.741. The summed E-state index contributed by atoms with van der Waals surface area (Å²) >= 11 is 0. The number of imide groups is 1. The number of hydrogen-bond donors (Lipinski definition) is 2. The van der Waals surface area contributed by atoms with Gasteiger partial charge in [-0.1, -0.05) is 36.8 Å². The van der Waals surface area contributed by atoms with Crippen LogP contribution >= 0.6 is 0 Å². The fourth-order valence-electron chi connectivity index (χ4n) is 3.56. The van der Waals surface area contributed by atoms with E-state index in [2.05, 4.69) is 4.98 Å². The monoisotopic (exact) mass is 381 g/mol. The lowest BCUT2D eigenvalue weighted by molar-refractivity contribution is -0.177. The molecule has 0 saturated carbocycles. The van der Waals surface area contributed by atoms with Gasteiger partial charge in [-0.2, -0.15) is 0 Å². The molecule has 0 aliphatic carbocycles. The van der Waals surface area contributed by atoms with Crippen molar-refractivity contribution in [1.29, 1.82) is 0 Å². The van der Waals surface area contributed by atoms with E-state index in [-0.39, 0.29) is 18.8 Å². The van der Waals surface area contributed by atoms with Crippen LogP contribution in [0.15, 0.2) is 42.6 Å². The molecule has 1 fully saturated rings. The van der Waals surface area contributed by atoms with Gasteiger partial charge in [0.05, 0.1) is 5.92 Å². The smallest absolute Gasteiger partial charge is 0.327 e. The maximum absolute atomic E-state index is 12.7. The highest BCUT2D eigenvalue weighted by atomic mass is 16.4. The van der Waals surface area contributed by atoms with Crippen molar-refractivity contribution in [3.05, 3.63) is 59.3 Å². The van der Waals surface area contributed by atoms with Gasteiger partial charge < -0.3 is 10.8 Å². The Morgan fingerprint density at radius 3 is 2.54 bits per heavy atom. The van der Waals surface area contributed by atoms with E-state index >= 15 is 0 Å². The molecule has 28 heavy (non-hydrogen) atoms. The van der Waals surface area contributed by atoms with Gasteiger partial charge in [0, 0.05) is 12.6 Å². The summed E-state index contributed by atoms with van der Waals surface area (Å²) in [4.78, 5) is 41.7. The molecule has 7 nitrogen and oxygen atoms in total. The van der Waals surface area contributed by atoms with E-state index in [4.69, 9.17) is 5.73 Å². The van der Waals surface area contributed by atoms with E-state index < -0.39 is 29.7 Å². The zero-order valence-corrected chi connectivity index (χ0v) is 15.8. The standard InChI is InChI=1S/C21H23N3O4/c1-12-3-5-15(6-4-12)13(2)9-18(25)24-19(21(27)28)16(20(24)26)10-14-7-8-23-17(22)11-14/h3-8,11,13,16,19H,9-10H2,1-2H3,(H2,22,23)(H,27,28)/t13-,16+,19-/m0/s1. The number of nitrogen functional groups attached to an aromatic ring is 1. The van der Waals surface area contributed by atoms with E-state index in [1.54, 1.807) is 12.1 Å². The van der Waals surface area contributed by atoms with Crippen molar-refractivity contribution in [1.82, 2.24) is 9.88 Å². The molecule has 3 atom stereocenters. The van der Waals surface area contributed by atoms with E-state index in [1.165, 1.54) is 6.20 Å². The molecule has 2 amide bonds. The molecule has 1 aromatic heterocycles. The average molecular weight is 381 g/mol. The first-order chi connectivity index (χ1) is 13.3. The molecule has 1 saturated heterocycles. The third-order valence-electron chi connectivity index (χ3n) is 5.16. The molecule has 0 unspecified atom stereocenters. The summed E-state index contributed by atoms with van der Waals surface area (Å²) in [5.74, 6) is -2.69. The van der Waals surface area contributed by atoms with Crippen molar-refractivity contribution >= 4 is 23.6 Å². The van der Waals surface area contributed by atoms with Gasteiger partial charge in [0.2, 0.25) is 11.8 Å². The Morgan fingerprint density at radius 1 is 1.25 bits per heavy atom. The van der Waals surface area contributed by atoms with Gasteiger partial charge in [0.25, 0.3) is 0 Å². The predicted octanol–water partition coefficient (Wildman–Crippen LogP) is 2.15. The number of anilines is 1. The van der Waals surface area contributed by atoms with Gasteiger partial charge in [-0.25, -0.2) is 9.78 Å². The van der Waals surface area contributed by atoms with Crippen LogP contribution in [0.5, 0.6) is 0 Å². The number of nitrogens with zero attached hydrogens (tertiary/aromatic N) is 2. The molecular weight excluding hydrogens is 358 g/mol. The topological polar surface area (TPSA) is 114 Å². The Labute approximate surface area is 163 Å². The number of carboxylic acids is 1. The number of benzene rings is 1. The number of β-lactam (4-membered cyclic amide) rings is 1. The van der Waals surface area contributed by atoms with E-state index in [0.717, 1.165) is 21.6 Å². The van der Waals surface area contributed by atoms with Crippen LogP contribution in [0.2, 0.25) is 0 Å². The van der Waals surface area contributed by atoms with Crippen molar-refractivity contribution in [2.24, 2.45) is 5.92 Å². The van der Waals surface area contributed by atoms with Crippen LogP contribution in [0.4, 0.5) is 5.82 Å². The van der Waals surface area contributed by atoms with Crippen LogP contribution in [0.25, 0.3) is 0 Å². The Morgan fingerprint density at radius 2 is 1.93 bits per heavy atom. The van der Waals surface area contributed by atoms with Gasteiger partial charge in [-0.3, -0.25) is 14.5 Å². The summed E-state index contributed by atoms with van der Waals surface area (Å²) in [6, 6.07) is 9.94. The zero-order chi connectivity index (χ0) is 20.4. The largest absolute Gasteiger partial charge is 0.480 e. The molecule has 7 heteroatoms. The number of aryl methyl sites for hydroxylation is 1. The van der Waals surface area contributed by atoms with E-state index in [1.807, 2.05) is 38.1 Å². The predicted molar refractivity (Wildman–Crippen MR) is 103 cm³/mol. The maximum Gasteiger partial charge on any atom is 0.327 e. The normalized spacial score (nSPS) is 19.8. The Hall–Kier alpha value is -3.22. The molecule has 3 rings (SSSR count). The minimum Gasteiger partial charge on any atom is -0.480 e. The Bertz CT molecular complexity index is 910. The second-order valence-electron chi connectivity index (χ2n) is 7.30. The maximum atomic E-state index is 12.7. The number of hydrogen-bond acceptors (Lipinski definition) is 5. The second-order valence-corrected chi connectivity index (χ2v) is 7.30. The number of nitrogens with two attached hydrogens (primary N) is 1. The summed E-state index contributed by atoms with van der Waals surface area (Å²) in [5.41, 5.74) is 8.45. The van der Waals surface area contributed by atoms with Crippen molar-refractivity contribution in [3.63, 3.8) is 0 Å². The first-order valence-corrected chi connectivity index (χ1v) is 9.13. The third kappa shape index (κ3) is 3.88. The number of pyridine rings is 1. The highest BCUT2D eigenvalue weighted by molar-refractivity contribution is 6.08. The first kappa shape index (κ1) is 19.5. The van der Waals surface area contributed by atoms with Crippen LogP contribution in [-0.4, -0.2) is 38.8 Å². The SMILES string of the molecule is Cc1ccc([C@@H](C)CC(=O)N2C(=O)[C@H](Cc3ccnc(N)c3)[C@H]2C(=O)O)cc1. The number of likely N-dealkylation sites (tertiary alicyclic amines) is 1. The van der Waals surface area contributed by atoms with E-state index in [9.17, 15) is 19.5 Å². The van der Waals surface area contributed by atoms with Gasteiger partial charge in [-0.05, 0) is 42.5 Å². The fourth-order valence-corrected chi connectivity index (χ4v) is 3.56. The Kier molecular flexibility index (Phi) is 5.44. The highest BCUT2D eigenvalue weighted by Crippen LogP contribution is 2.33. The van der Waals surface area contributed by atoms with Crippen molar-refractivity contribution < 1.29 is 19.5 Å². The molecular formula is C21H23N3O4. The van der Waals surface area contributed by atoms with Crippen LogP contribution in [0, 0.1) is 12.8 Å². The molecule has 1 aliphatic rings. The molecule has 3 N–H and O–H groups in total. The molecule has 0 radical (unpaired) electrons. The lowest BCUT2D eigenvalue weighted by Crippen LogP contribution is -2.66. The fraction of sp³-hybridized carbons (Fsp3) is 0.333. The number of rotatable bonds is 6. The third-order valence-corrected chi connectivity index (χ3v) is 5.16. The van der Waals surface area contributed by atoms with Crippen molar-refractivity contribution in [2.75, 3.05) is 5.73 Å². The first-order valence-electron chi connectivity index (χ1n) is 9.13. The number of carbonyl (C=O) groups is 3. The van der Waals surface area contributed by atoms with Crippen LogP contribution in [0.3, 0.4) is 0 Å². The molecule has 146 valence electrons. The zero-order valence-electron chi connectivity index (χ0n) is 15.8. The van der Waals surface area contributed by atoms with Crippen LogP contribution in [0.1, 0.15) is 36.0 Å². The number of carboxylic acid groups (broad SMARTS) is 1. The van der Waals surface area contributed by atoms with Gasteiger partial charge in [0.1, 0.15) is 11.9 Å². The number of aliphatic carboxylic acids is 1. The van der Waals surface area contributed by atoms with Gasteiger partial charge in [0.15, 0.2) is 0 Å². The Balaban J connectivity index is 1.70. The van der Waals surface area contributed by atoms with Crippen molar-refractivity contribution in [3.8, 4) is 0 Å². The summed E-state index contributed by atoms with van der Waals surface area (Å²) in [5, 5.41) is 9.57. The number of amides is 2. The lowest BCUT2D eigenvalue weighted by Gasteiger charge is -2.43. The summed E-state index contributed by atoms with van der Waals surface area (Å²) in [6.07, 6.45) is 1.79.